The van der Waals surface area contributed by atoms with Gasteiger partial charge in [0.2, 0.25) is 11.8 Å². The lowest BCUT2D eigenvalue weighted by Crippen LogP contribution is -2.41. The Kier molecular flexibility index (Phi) is 7.12. The molecule has 2 heterocycles. The molecule has 0 unspecified atom stereocenters. The van der Waals surface area contributed by atoms with Crippen molar-refractivity contribution in [2.45, 2.75) is 25.8 Å². The van der Waals surface area contributed by atoms with Gasteiger partial charge < -0.3 is 15.0 Å². The zero-order valence-electron chi connectivity index (χ0n) is 17.9. The summed E-state index contributed by atoms with van der Waals surface area (Å²) in [5.74, 6) is 0.757. The Hall–Kier alpha value is -3.68. The molecule has 2 amide bonds. The van der Waals surface area contributed by atoms with Gasteiger partial charge in [-0.2, -0.15) is 5.10 Å². The smallest absolute Gasteiger partial charge is 0.227 e. The number of amides is 2. The number of nitrogens with one attached hydrogen (secondary N) is 1. The molecule has 1 aliphatic heterocycles. The van der Waals surface area contributed by atoms with Gasteiger partial charge in [0.1, 0.15) is 18.4 Å². The van der Waals surface area contributed by atoms with Gasteiger partial charge in [0.25, 0.3) is 0 Å². The van der Waals surface area contributed by atoms with Gasteiger partial charge in [0, 0.05) is 24.7 Å². The summed E-state index contributed by atoms with van der Waals surface area (Å²) in [7, 11) is 0. The number of piperidine rings is 1. The topological polar surface area (TPSA) is 89.4 Å². The lowest BCUT2D eigenvalue weighted by molar-refractivity contribution is -0.135. The van der Waals surface area contributed by atoms with E-state index in [1.165, 1.54) is 6.33 Å². The van der Waals surface area contributed by atoms with Crippen LogP contribution >= 0.6 is 0 Å². The van der Waals surface area contributed by atoms with Gasteiger partial charge in [0.05, 0.1) is 19.6 Å². The first kappa shape index (κ1) is 21.5. The number of carbonyl (C=O) groups excluding carboxylic acids is 2. The molecule has 0 radical (unpaired) electrons. The van der Waals surface area contributed by atoms with Gasteiger partial charge in [-0.25, -0.2) is 9.67 Å². The Labute approximate surface area is 187 Å². The first-order chi connectivity index (χ1) is 15.7. The predicted molar refractivity (Wildman–Crippen MR) is 120 cm³/mol. The molecule has 3 aromatic rings. The maximum absolute atomic E-state index is 12.7. The van der Waals surface area contributed by atoms with Crippen LogP contribution in [0.15, 0.2) is 67.3 Å². The number of hydrogen-bond donors (Lipinski definition) is 1. The molecule has 0 atom stereocenters. The van der Waals surface area contributed by atoms with Gasteiger partial charge in [-0.3, -0.25) is 9.59 Å². The Bertz CT molecular complexity index is 998. The average molecular weight is 434 g/mol. The average Bonchev–Trinajstić information content (AvgIpc) is 3.34. The van der Waals surface area contributed by atoms with Crippen LogP contribution in [0, 0.1) is 5.92 Å². The molecule has 0 bridgehead atoms. The van der Waals surface area contributed by atoms with Crippen molar-refractivity contribution in [2.24, 2.45) is 5.92 Å². The van der Waals surface area contributed by atoms with Crippen molar-refractivity contribution in [1.82, 2.24) is 19.7 Å². The predicted octanol–water partition coefficient (Wildman–Crippen LogP) is 2.97. The van der Waals surface area contributed by atoms with E-state index in [2.05, 4.69) is 15.4 Å². The molecule has 0 saturated carbocycles. The summed E-state index contributed by atoms with van der Waals surface area (Å²) in [6, 6.07) is 17.2. The fraction of sp³-hybridized carbons (Fsp3) is 0.333. The Morgan fingerprint density at radius 1 is 1.03 bits per heavy atom. The minimum Gasteiger partial charge on any atom is -0.493 e. The fourth-order valence-electron chi connectivity index (χ4n) is 3.76. The fourth-order valence-corrected chi connectivity index (χ4v) is 3.76. The molecule has 32 heavy (non-hydrogen) atoms. The highest BCUT2D eigenvalue weighted by molar-refractivity contribution is 5.92. The molecule has 1 N–H and O–H groups in total. The molecule has 1 aliphatic rings. The van der Waals surface area contributed by atoms with Crippen molar-refractivity contribution in [2.75, 3.05) is 25.0 Å². The second-order valence-corrected chi connectivity index (χ2v) is 7.85. The summed E-state index contributed by atoms with van der Waals surface area (Å²) in [6.45, 7) is 2.19. The lowest BCUT2D eigenvalue weighted by atomic mass is 9.95. The largest absolute Gasteiger partial charge is 0.493 e. The molecule has 0 spiro atoms. The molecular formula is C24H27N5O3. The minimum atomic E-state index is -0.0885. The minimum absolute atomic E-state index is 0.00790. The van der Waals surface area contributed by atoms with Crippen LogP contribution in [0.4, 0.5) is 5.69 Å². The summed E-state index contributed by atoms with van der Waals surface area (Å²) < 4.78 is 7.36. The number of aromatic nitrogens is 3. The molecule has 1 fully saturated rings. The van der Waals surface area contributed by atoms with Gasteiger partial charge in [-0.1, -0.05) is 30.3 Å². The number of benzene rings is 2. The highest BCUT2D eigenvalue weighted by atomic mass is 16.5. The van der Waals surface area contributed by atoms with E-state index in [0.717, 1.165) is 17.0 Å². The van der Waals surface area contributed by atoms with Crippen molar-refractivity contribution in [3.8, 4) is 5.75 Å². The summed E-state index contributed by atoms with van der Waals surface area (Å²) in [5.41, 5.74) is 1.85. The highest BCUT2D eigenvalue weighted by Gasteiger charge is 2.27. The van der Waals surface area contributed by atoms with Crippen LogP contribution in [0.5, 0.6) is 5.75 Å². The summed E-state index contributed by atoms with van der Waals surface area (Å²) in [6.07, 6.45) is 4.85. The van der Waals surface area contributed by atoms with Crippen molar-refractivity contribution in [3.05, 3.63) is 72.8 Å². The number of likely N-dealkylation sites (tertiary alicyclic amines) is 1. The molecular weight excluding hydrogens is 406 g/mol. The van der Waals surface area contributed by atoms with Crippen molar-refractivity contribution in [1.29, 1.82) is 0 Å². The van der Waals surface area contributed by atoms with Gasteiger partial charge in [-0.15, -0.1) is 0 Å². The van der Waals surface area contributed by atoms with E-state index in [1.54, 1.807) is 11.0 Å². The summed E-state index contributed by atoms with van der Waals surface area (Å²) in [4.78, 5) is 30.9. The monoisotopic (exact) mass is 433 g/mol. The van der Waals surface area contributed by atoms with E-state index < -0.39 is 0 Å². The van der Waals surface area contributed by atoms with Gasteiger partial charge in [-0.05, 0) is 42.7 Å². The Morgan fingerprint density at radius 3 is 2.47 bits per heavy atom. The number of hydrogen-bond acceptors (Lipinski definition) is 5. The van der Waals surface area contributed by atoms with Crippen molar-refractivity contribution >= 4 is 17.5 Å². The molecule has 2 aromatic carbocycles. The first-order valence-electron chi connectivity index (χ1n) is 10.9. The third kappa shape index (κ3) is 5.94. The van der Waals surface area contributed by atoms with E-state index >= 15 is 0 Å². The molecule has 4 rings (SSSR count). The second kappa shape index (κ2) is 10.6. The van der Waals surface area contributed by atoms with E-state index in [9.17, 15) is 9.59 Å². The molecule has 1 aromatic heterocycles. The quantitative estimate of drug-likeness (QED) is 0.590. The van der Waals surface area contributed by atoms with Crippen molar-refractivity contribution in [3.63, 3.8) is 0 Å². The maximum atomic E-state index is 12.7. The standard InChI is InChI=1S/C24H27N5O3/c30-23(12-15-32-22-4-2-1-3-5-22)28-13-10-20(11-14-28)24(31)27-21-8-6-19(7-9-21)16-29-18-25-17-26-29/h1-9,17-18,20H,10-16H2,(H,27,31). The first-order valence-corrected chi connectivity index (χ1v) is 10.9. The summed E-state index contributed by atoms with van der Waals surface area (Å²) >= 11 is 0. The molecule has 1 saturated heterocycles. The van der Waals surface area contributed by atoms with Crippen LogP contribution in [0.1, 0.15) is 24.8 Å². The zero-order chi connectivity index (χ0) is 22.2. The third-order valence-electron chi connectivity index (χ3n) is 5.58. The van der Waals surface area contributed by atoms with Gasteiger partial charge in [0.15, 0.2) is 0 Å². The second-order valence-electron chi connectivity index (χ2n) is 7.85. The molecule has 8 nitrogen and oxygen atoms in total. The Morgan fingerprint density at radius 2 is 1.78 bits per heavy atom. The number of rotatable bonds is 8. The van der Waals surface area contributed by atoms with Crippen LogP contribution in [-0.4, -0.2) is 51.2 Å². The molecule has 166 valence electrons. The number of ether oxygens (including phenoxy) is 1. The SMILES string of the molecule is O=C(Nc1ccc(Cn2cncn2)cc1)C1CCN(C(=O)CCOc2ccccc2)CC1. The van der Waals surface area contributed by atoms with Crippen LogP contribution < -0.4 is 10.1 Å². The van der Waals surface area contributed by atoms with Gasteiger partial charge >= 0.3 is 0 Å². The van der Waals surface area contributed by atoms with E-state index in [4.69, 9.17) is 4.74 Å². The van der Waals surface area contributed by atoms with Crippen molar-refractivity contribution < 1.29 is 14.3 Å². The van der Waals surface area contributed by atoms with E-state index in [1.807, 2.05) is 59.5 Å². The highest BCUT2D eigenvalue weighted by Crippen LogP contribution is 2.21. The summed E-state index contributed by atoms with van der Waals surface area (Å²) in [5, 5.41) is 7.09. The van der Waals surface area contributed by atoms with Crippen LogP contribution in [0.25, 0.3) is 0 Å². The number of anilines is 1. The molecule has 8 heteroatoms. The normalized spacial score (nSPS) is 14.2. The Balaban J connectivity index is 1.18. The third-order valence-corrected chi connectivity index (χ3v) is 5.58. The maximum Gasteiger partial charge on any atom is 0.227 e. The number of para-hydroxylation sites is 1. The lowest BCUT2D eigenvalue weighted by Gasteiger charge is -2.31. The zero-order valence-corrected chi connectivity index (χ0v) is 17.9. The number of carbonyl (C=O) groups is 2. The van der Waals surface area contributed by atoms with Crippen LogP contribution in [-0.2, 0) is 16.1 Å². The number of nitrogens with zero attached hydrogens (tertiary/aromatic N) is 4. The van der Waals surface area contributed by atoms with Crippen LogP contribution in [0.2, 0.25) is 0 Å². The van der Waals surface area contributed by atoms with Crippen LogP contribution in [0.3, 0.4) is 0 Å². The molecule has 0 aliphatic carbocycles. The van der Waals surface area contributed by atoms with E-state index in [-0.39, 0.29) is 17.7 Å². The van der Waals surface area contributed by atoms with E-state index in [0.29, 0.717) is 45.5 Å².